The number of hydrogen-bond acceptors (Lipinski definition) is 3. The number of hydrogen-bond donors (Lipinski definition) is 1. The SMILES string of the molecule is Cc1ccc(C(CN)N2CCC(N(C)C)C2)cc1Cl. The highest BCUT2D eigenvalue weighted by atomic mass is 35.5. The molecule has 2 N–H and O–H groups in total. The van der Waals surface area contributed by atoms with E-state index in [-0.39, 0.29) is 6.04 Å². The van der Waals surface area contributed by atoms with E-state index in [4.69, 9.17) is 17.3 Å². The van der Waals surface area contributed by atoms with Crippen LogP contribution in [0.15, 0.2) is 18.2 Å². The fraction of sp³-hybridized carbons (Fsp3) is 0.600. The minimum atomic E-state index is 0.281. The average Bonchev–Trinajstić information content (AvgIpc) is 2.84. The van der Waals surface area contributed by atoms with Gasteiger partial charge in [0.1, 0.15) is 0 Å². The minimum Gasteiger partial charge on any atom is -0.329 e. The summed E-state index contributed by atoms with van der Waals surface area (Å²) in [4.78, 5) is 4.78. The molecule has 1 aromatic carbocycles. The molecule has 0 saturated carbocycles. The first-order valence-electron chi connectivity index (χ1n) is 6.89. The van der Waals surface area contributed by atoms with Crippen LogP contribution >= 0.6 is 11.6 Å². The summed E-state index contributed by atoms with van der Waals surface area (Å²) in [6.45, 7) is 4.86. The molecule has 106 valence electrons. The highest BCUT2D eigenvalue weighted by Gasteiger charge is 2.29. The third kappa shape index (κ3) is 3.29. The summed E-state index contributed by atoms with van der Waals surface area (Å²) in [7, 11) is 4.29. The Morgan fingerprint density at radius 1 is 1.47 bits per heavy atom. The molecule has 1 fully saturated rings. The maximum absolute atomic E-state index is 6.23. The summed E-state index contributed by atoms with van der Waals surface area (Å²) in [5.74, 6) is 0. The molecule has 0 spiro atoms. The van der Waals surface area contributed by atoms with E-state index in [1.165, 1.54) is 12.0 Å². The number of likely N-dealkylation sites (tertiary alicyclic amines) is 1. The van der Waals surface area contributed by atoms with Crippen molar-refractivity contribution in [2.75, 3.05) is 33.7 Å². The molecule has 0 aromatic heterocycles. The van der Waals surface area contributed by atoms with Gasteiger partial charge in [0.15, 0.2) is 0 Å². The molecule has 0 bridgehead atoms. The van der Waals surface area contributed by atoms with Gasteiger partial charge in [-0.15, -0.1) is 0 Å². The summed E-state index contributed by atoms with van der Waals surface area (Å²) in [5.41, 5.74) is 8.35. The van der Waals surface area contributed by atoms with E-state index in [0.717, 1.165) is 23.7 Å². The Kier molecular flexibility index (Phi) is 4.85. The second-order valence-electron chi connectivity index (χ2n) is 5.66. The maximum Gasteiger partial charge on any atom is 0.0471 e. The largest absolute Gasteiger partial charge is 0.329 e. The highest BCUT2D eigenvalue weighted by Crippen LogP contribution is 2.28. The van der Waals surface area contributed by atoms with Gasteiger partial charge in [-0.1, -0.05) is 23.7 Å². The van der Waals surface area contributed by atoms with Crippen molar-refractivity contribution in [2.45, 2.75) is 25.4 Å². The molecule has 2 rings (SSSR count). The molecular weight excluding hydrogens is 258 g/mol. The molecule has 0 aliphatic carbocycles. The topological polar surface area (TPSA) is 32.5 Å². The lowest BCUT2D eigenvalue weighted by atomic mass is 10.0. The van der Waals surface area contributed by atoms with Crippen molar-refractivity contribution < 1.29 is 0 Å². The number of aryl methyl sites for hydroxylation is 1. The van der Waals surface area contributed by atoms with Crippen LogP contribution < -0.4 is 5.73 Å². The van der Waals surface area contributed by atoms with E-state index >= 15 is 0 Å². The van der Waals surface area contributed by atoms with E-state index in [2.05, 4.69) is 42.1 Å². The van der Waals surface area contributed by atoms with Crippen molar-refractivity contribution in [2.24, 2.45) is 5.73 Å². The van der Waals surface area contributed by atoms with E-state index in [0.29, 0.717) is 12.6 Å². The summed E-state index contributed by atoms with van der Waals surface area (Å²) in [5, 5.41) is 0.833. The number of likely N-dealkylation sites (N-methyl/N-ethyl adjacent to an activating group) is 1. The molecule has 1 heterocycles. The Bertz CT molecular complexity index is 433. The molecule has 1 saturated heterocycles. The van der Waals surface area contributed by atoms with Crippen LogP contribution in [0.1, 0.15) is 23.6 Å². The molecule has 1 aromatic rings. The molecule has 1 aliphatic heterocycles. The molecule has 2 atom stereocenters. The first-order valence-corrected chi connectivity index (χ1v) is 7.27. The summed E-state index contributed by atoms with van der Waals surface area (Å²) in [6, 6.07) is 7.22. The minimum absolute atomic E-state index is 0.281. The molecule has 19 heavy (non-hydrogen) atoms. The Morgan fingerprint density at radius 2 is 2.21 bits per heavy atom. The van der Waals surface area contributed by atoms with E-state index in [1.54, 1.807) is 0 Å². The molecule has 0 radical (unpaired) electrons. The third-order valence-corrected chi connectivity index (χ3v) is 4.58. The van der Waals surface area contributed by atoms with Crippen molar-refractivity contribution in [3.05, 3.63) is 34.3 Å². The first-order chi connectivity index (χ1) is 9.02. The van der Waals surface area contributed by atoms with E-state index in [1.807, 2.05) is 6.92 Å². The quantitative estimate of drug-likeness (QED) is 0.919. The van der Waals surface area contributed by atoms with Gasteiger partial charge in [0, 0.05) is 36.7 Å². The Labute approximate surface area is 121 Å². The molecule has 3 nitrogen and oxygen atoms in total. The molecule has 0 amide bonds. The van der Waals surface area contributed by atoms with Gasteiger partial charge < -0.3 is 10.6 Å². The van der Waals surface area contributed by atoms with Crippen molar-refractivity contribution >= 4 is 11.6 Å². The van der Waals surface area contributed by atoms with Crippen LogP contribution in [0.2, 0.25) is 5.02 Å². The predicted molar refractivity (Wildman–Crippen MR) is 81.6 cm³/mol. The second kappa shape index (κ2) is 6.23. The normalized spacial score (nSPS) is 22.1. The van der Waals surface area contributed by atoms with Crippen LogP contribution in [0.5, 0.6) is 0 Å². The van der Waals surface area contributed by atoms with Gasteiger partial charge in [0.2, 0.25) is 0 Å². The lowest BCUT2D eigenvalue weighted by molar-refractivity contribution is 0.220. The van der Waals surface area contributed by atoms with Crippen LogP contribution in [0, 0.1) is 6.92 Å². The zero-order valence-corrected chi connectivity index (χ0v) is 12.8. The van der Waals surface area contributed by atoms with Crippen LogP contribution in [-0.4, -0.2) is 49.6 Å². The van der Waals surface area contributed by atoms with Gasteiger partial charge in [-0.2, -0.15) is 0 Å². The Morgan fingerprint density at radius 3 is 2.74 bits per heavy atom. The molecule has 1 aliphatic rings. The van der Waals surface area contributed by atoms with Gasteiger partial charge in [0.25, 0.3) is 0 Å². The van der Waals surface area contributed by atoms with Gasteiger partial charge in [0.05, 0.1) is 0 Å². The zero-order valence-electron chi connectivity index (χ0n) is 12.1. The average molecular weight is 282 g/mol. The van der Waals surface area contributed by atoms with Crippen LogP contribution in [0.4, 0.5) is 0 Å². The number of nitrogens with zero attached hydrogens (tertiary/aromatic N) is 2. The Hall–Kier alpha value is -0.610. The number of nitrogens with two attached hydrogens (primary N) is 1. The van der Waals surface area contributed by atoms with E-state index < -0.39 is 0 Å². The third-order valence-electron chi connectivity index (χ3n) is 4.17. The highest BCUT2D eigenvalue weighted by molar-refractivity contribution is 6.31. The van der Waals surface area contributed by atoms with Crippen molar-refractivity contribution in [1.29, 1.82) is 0 Å². The van der Waals surface area contributed by atoms with Crippen molar-refractivity contribution in [1.82, 2.24) is 9.80 Å². The van der Waals surface area contributed by atoms with Gasteiger partial charge in [-0.05, 0) is 44.6 Å². The summed E-state index contributed by atoms with van der Waals surface area (Å²) in [6.07, 6.45) is 1.21. The van der Waals surface area contributed by atoms with Crippen LogP contribution in [0.25, 0.3) is 0 Å². The summed E-state index contributed by atoms with van der Waals surface area (Å²) < 4.78 is 0. The predicted octanol–water partition coefficient (Wildman–Crippen LogP) is 2.28. The molecular formula is C15H24ClN3. The first kappa shape index (κ1) is 14.8. The maximum atomic E-state index is 6.23. The molecule has 2 unspecified atom stereocenters. The lowest BCUT2D eigenvalue weighted by Crippen LogP contribution is -2.36. The smallest absolute Gasteiger partial charge is 0.0471 e. The number of rotatable bonds is 4. The second-order valence-corrected chi connectivity index (χ2v) is 6.07. The fourth-order valence-corrected chi connectivity index (χ4v) is 2.97. The van der Waals surface area contributed by atoms with E-state index in [9.17, 15) is 0 Å². The van der Waals surface area contributed by atoms with Gasteiger partial charge in [-0.25, -0.2) is 0 Å². The van der Waals surface area contributed by atoms with Crippen LogP contribution in [-0.2, 0) is 0 Å². The van der Waals surface area contributed by atoms with Gasteiger partial charge >= 0.3 is 0 Å². The molecule has 4 heteroatoms. The van der Waals surface area contributed by atoms with Crippen molar-refractivity contribution in [3.63, 3.8) is 0 Å². The number of halogens is 1. The van der Waals surface area contributed by atoms with Crippen molar-refractivity contribution in [3.8, 4) is 0 Å². The van der Waals surface area contributed by atoms with Crippen LogP contribution in [0.3, 0.4) is 0 Å². The Balaban J connectivity index is 2.14. The standard InChI is InChI=1S/C15H24ClN3/c1-11-4-5-12(8-14(11)16)15(9-17)19-7-6-13(10-19)18(2)3/h4-5,8,13,15H,6-7,9-10,17H2,1-3H3. The zero-order chi connectivity index (χ0) is 14.0. The lowest BCUT2D eigenvalue weighted by Gasteiger charge is -2.28. The van der Waals surface area contributed by atoms with Gasteiger partial charge in [-0.3, -0.25) is 4.90 Å². The summed E-state index contributed by atoms with van der Waals surface area (Å²) >= 11 is 6.23. The fourth-order valence-electron chi connectivity index (χ4n) is 2.79. The number of benzene rings is 1. The monoisotopic (exact) mass is 281 g/mol.